The molecule has 2 rings (SSSR count). The van der Waals surface area contributed by atoms with E-state index in [0.29, 0.717) is 5.56 Å². The van der Waals surface area contributed by atoms with Crippen molar-refractivity contribution < 1.29 is 9.90 Å². The number of hydrogen-bond acceptors (Lipinski definition) is 2. The van der Waals surface area contributed by atoms with E-state index in [4.69, 9.17) is 0 Å². The Labute approximate surface area is 106 Å². The van der Waals surface area contributed by atoms with Crippen LogP contribution in [0.1, 0.15) is 29.3 Å². The van der Waals surface area contributed by atoms with Gasteiger partial charge in [-0.1, -0.05) is 24.6 Å². The molecule has 0 aliphatic rings. The molecule has 0 unspecified atom stereocenters. The monoisotopic (exact) mass is 244 g/mol. The second-order valence-electron chi connectivity index (χ2n) is 4.29. The van der Waals surface area contributed by atoms with Crippen LogP contribution in [0, 0.1) is 6.92 Å². The molecule has 1 aromatic carbocycles. The largest absolute Gasteiger partial charge is 0.478 e. The van der Waals surface area contributed by atoms with Gasteiger partial charge in [-0.2, -0.15) is 5.10 Å². The van der Waals surface area contributed by atoms with Gasteiger partial charge in [-0.3, -0.25) is 4.68 Å². The number of benzene rings is 1. The lowest BCUT2D eigenvalue weighted by Crippen LogP contribution is -2.05. The number of carbonyl (C=O) groups is 1. The Hall–Kier alpha value is -2.10. The zero-order valence-electron chi connectivity index (χ0n) is 10.6. The molecule has 0 saturated carbocycles. The van der Waals surface area contributed by atoms with Crippen LogP contribution in [0.15, 0.2) is 30.5 Å². The molecule has 94 valence electrons. The Morgan fingerprint density at radius 1 is 1.39 bits per heavy atom. The standard InChI is InChI=1S/C14H16N2O2/c1-3-8-16-13(6-7-15-16)11-5-4-10(2)9-12(11)14(17)18/h4-7,9H,3,8H2,1-2H3,(H,17,18). The molecule has 0 amide bonds. The van der Waals surface area contributed by atoms with E-state index in [9.17, 15) is 9.90 Å². The molecule has 0 spiro atoms. The molecule has 18 heavy (non-hydrogen) atoms. The number of rotatable bonds is 4. The number of carboxylic acid groups (broad SMARTS) is 1. The highest BCUT2D eigenvalue weighted by atomic mass is 16.4. The Morgan fingerprint density at radius 2 is 2.17 bits per heavy atom. The first kappa shape index (κ1) is 12.4. The fourth-order valence-corrected chi connectivity index (χ4v) is 2.01. The Kier molecular flexibility index (Phi) is 3.46. The van der Waals surface area contributed by atoms with E-state index in [0.717, 1.165) is 29.8 Å². The molecule has 1 heterocycles. The van der Waals surface area contributed by atoms with Crippen LogP contribution in [0.5, 0.6) is 0 Å². The smallest absolute Gasteiger partial charge is 0.336 e. The predicted octanol–water partition coefficient (Wildman–Crippen LogP) is 2.97. The van der Waals surface area contributed by atoms with E-state index < -0.39 is 5.97 Å². The van der Waals surface area contributed by atoms with E-state index in [1.54, 1.807) is 12.3 Å². The fraction of sp³-hybridized carbons (Fsp3) is 0.286. The van der Waals surface area contributed by atoms with Crippen LogP contribution < -0.4 is 0 Å². The van der Waals surface area contributed by atoms with Crippen LogP contribution in [-0.2, 0) is 6.54 Å². The molecule has 0 radical (unpaired) electrons. The maximum absolute atomic E-state index is 11.3. The molecule has 4 heteroatoms. The summed E-state index contributed by atoms with van der Waals surface area (Å²) in [5.74, 6) is -0.905. The van der Waals surface area contributed by atoms with E-state index in [2.05, 4.69) is 12.0 Å². The lowest BCUT2D eigenvalue weighted by atomic mass is 10.0. The van der Waals surface area contributed by atoms with Gasteiger partial charge in [-0.05, 0) is 25.5 Å². The minimum Gasteiger partial charge on any atom is -0.478 e. The van der Waals surface area contributed by atoms with Crippen LogP contribution in [-0.4, -0.2) is 20.9 Å². The highest BCUT2D eigenvalue weighted by Gasteiger charge is 2.14. The van der Waals surface area contributed by atoms with Crippen molar-refractivity contribution in [1.29, 1.82) is 0 Å². The Balaban J connectivity index is 2.56. The van der Waals surface area contributed by atoms with Gasteiger partial charge in [0.1, 0.15) is 0 Å². The molecule has 0 saturated heterocycles. The molecule has 1 N–H and O–H groups in total. The zero-order valence-corrected chi connectivity index (χ0v) is 10.6. The van der Waals surface area contributed by atoms with Crippen molar-refractivity contribution in [1.82, 2.24) is 9.78 Å². The summed E-state index contributed by atoms with van der Waals surface area (Å²) >= 11 is 0. The summed E-state index contributed by atoms with van der Waals surface area (Å²) in [5, 5.41) is 13.5. The topological polar surface area (TPSA) is 55.1 Å². The number of aromatic nitrogens is 2. The van der Waals surface area contributed by atoms with Crippen molar-refractivity contribution in [2.45, 2.75) is 26.8 Å². The number of aromatic carboxylic acids is 1. The maximum atomic E-state index is 11.3. The van der Waals surface area contributed by atoms with Crippen molar-refractivity contribution in [3.05, 3.63) is 41.6 Å². The van der Waals surface area contributed by atoms with Crippen molar-refractivity contribution in [3.8, 4) is 11.3 Å². The molecular weight excluding hydrogens is 228 g/mol. The predicted molar refractivity (Wildman–Crippen MR) is 69.7 cm³/mol. The highest BCUT2D eigenvalue weighted by Crippen LogP contribution is 2.24. The van der Waals surface area contributed by atoms with Gasteiger partial charge >= 0.3 is 5.97 Å². The highest BCUT2D eigenvalue weighted by molar-refractivity contribution is 5.95. The quantitative estimate of drug-likeness (QED) is 0.899. The molecule has 2 aromatic rings. The maximum Gasteiger partial charge on any atom is 0.336 e. The molecule has 0 fully saturated rings. The van der Waals surface area contributed by atoms with E-state index in [-0.39, 0.29) is 0 Å². The third-order valence-corrected chi connectivity index (χ3v) is 2.83. The number of carboxylic acids is 1. The molecule has 0 aliphatic carbocycles. The minimum absolute atomic E-state index is 0.327. The van der Waals surface area contributed by atoms with Gasteiger partial charge in [0, 0.05) is 18.3 Å². The van der Waals surface area contributed by atoms with Gasteiger partial charge in [0.15, 0.2) is 0 Å². The summed E-state index contributed by atoms with van der Waals surface area (Å²) < 4.78 is 1.84. The van der Waals surface area contributed by atoms with Crippen LogP contribution in [0.3, 0.4) is 0 Å². The number of hydrogen-bond donors (Lipinski definition) is 1. The zero-order chi connectivity index (χ0) is 13.1. The summed E-state index contributed by atoms with van der Waals surface area (Å²) in [4.78, 5) is 11.3. The first-order valence-electron chi connectivity index (χ1n) is 5.99. The number of nitrogens with zero attached hydrogens (tertiary/aromatic N) is 2. The third-order valence-electron chi connectivity index (χ3n) is 2.83. The van der Waals surface area contributed by atoms with Gasteiger partial charge in [-0.25, -0.2) is 4.79 Å². The lowest BCUT2D eigenvalue weighted by molar-refractivity contribution is 0.0697. The van der Waals surface area contributed by atoms with Crippen molar-refractivity contribution >= 4 is 5.97 Å². The molecule has 1 aromatic heterocycles. The molecule has 4 nitrogen and oxygen atoms in total. The first-order valence-corrected chi connectivity index (χ1v) is 5.99. The van der Waals surface area contributed by atoms with Crippen LogP contribution in [0.25, 0.3) is 11.3 Å². The van der Waals surface area contributed by atoms with Crippen LogP contribution in [0.2, 0.25) is 0 Å². The molecular formula is C14H16N2O2. The van der Waals surface area contributed by atoms with Gasteiger partial charge in [0.25, 0.3) is 0 Å². The summed E-state index contributed by atoms with van der Waals surface area (Å²) in [6.07, 6.45) is 2.67. The summed E-state index contributed by atoms with van der Waals surface area (Å²) in [6.45, 7) is 4.74. The van der Waals surface area contributed by atoms with E-state index in [1.807, 2.05) is 29.8 Å². The second-order valence-corrected chi connectivity index (χ2v) is 4.29. The molecule has 0 bridgehead atoms. The first-order chi connectivity index (χ1) is 8.63. The molecule has 0 atom stereocenters. The average Bonchev–Trinajstić information content (AvgIpc) is 2.77. The normalized spacial score (nSPS) is 10.6. The van der Waals surface area contributed by atoms with Crippen LogP contribution >= 0.6 is 0 Å². The fourth-order valence-electron chi connectivity index (χ4n) is 2.01. The molecule has 0 aliphatic heterocycles. The lowest BCUT2D eigenvalue weighted by Gasteiger charge is -2.09. The number of aryl methyl sites for hydroxylation is 2. The average molecular weight is 244 g/mol. The SMILES string of the molecule is CCCn1nccc1-c1ccc(C)cc1C(=O)O. The Morgan fingerprint density at radius 3 is 2.83 bits per heavy atom. The minimum atomic E-state index is -0.905. The third kappa shape index (κ3) is 2.27. The summed E-state index contributed by atoms with van der Waals surface area (Å²) in [7, 11) is 0. The summed E-state index contributed by atoms with van der Waals surface area (Å²) in [5.41, 5.74) is 2.85. The summed E-state index contributed by atoms with van der Waals surface area (Å²) in [6, 6.07) is 7.32. The van der Waals surface area contributed by atoms with Crippen molar-refractivity contribution in [2.75, 3.05) is 0 Å². The van der Waals surface area contributed by atoms with E-state index in [1.165, 1.54) is 0 Å². The van der Waals surface area contributed by atoms with Gasteiger partial charge in [0.05, 0.1) is 11.3 Å². The van der Waals surface area contributed by atoms with Gasteiger partial charge in [-0.15, -0.1) is 0 Å². The Bertz CT molecular complexity index is 573. The van der Waals surface area contributed by atoms with Crippen molar-refractivity contribution in [2.24, 2.45) is 0 Å². The van der Waals surface area contributed by atoms with Crippen LogP contribution in [0.4, 0.5) is 0 Å². The van der Waals surface area contributed by atoms with E-state index >= 15 is 0 Å². The second kappa shape index (κ2) is 5.04. The van der Waals surface area contributed by atoms with Crippen molar-refractivity contribution in [3.63, 3.8) is 0 Å². The van der Waals surface area contributed by atoms with Gasteiger partial charge < -0.3 is 5.11 Å². The van der Waals surface area contributed by atoms with Gasteiger partial charge in [0.2, 0.25) is 0 Å².